The fourth-order valence-electron chi connectivity index (χ4n) is 1.50. The molecule has 0 radical (unpaired) electrons. The maximum Gasteiger partial charge on any atom is 0.264 e. The summed E-state index contributed by atoms with van der Waals surface area (Å²) in [5, 5.41) is 12.6. The second-order valence-corrected chi connectivity index (χ2v) is 5.58. The van der Waals surface area contributed by atoms with Gasteiger partial charge < -0.3 is 0 Å². The van der Waals surface area contributed by atoms with Crippen molar-refractivity contribution >= 4 is 16.0 Å². The van der Waals surface area contributed by atoms with Crippen LogP contribution in [0.15, 0.2) is 29.4 Å². The van der Waals surface area contributed by atoms with E-state index in [1.165, 1.54) is 29.2 Å². The van der Waals surface area contributed by atoms with Crippen molar-refractivity contribution in [2.24, 2.45) is 7.05 Å². The van der Waals surface area contributed by atoms with E-state index >= 15 is 0 Å². The molecule has 1 aromatic carbocycles. The lowest BCUT2D eigenvalue weighted by atomic mass is 10.1. The average Bonchev–Trinajstić information content (AvgIpc) is 2.74. The van der Waals surface area contributed by atoms with E-state index in [0.29, 0.717) is 11.1 Å². The molecule has 0 spiro atoms. The average molecular weight is 277 g/mol. The van der Waals surface area contributed by atoms with Crippen LogP contribution in [-0.4, -0.2) is 23.2 Å². The molecule has 0 unspecified atom stereocenters. The molecule has 1 N–H and O–H groups in total. The summed E-state index contributed by atoms with van der Waals surface area (Å²) in [5.41, 5.74) is 1.04. The van der Waals surface area contributed by atoms with Crippen LogP contribution in [0.25, 0.3) is 0 Å². The van der Waals surface area contributed by atoms with E-state index in [-0.39, 0.29) is 10.8 Å². The van der Waals surface area contributed by atoms with Crippen molar-refractivity contribution in [2.45, 2.75) is 11.8 Å². The van der Waals surface area contributed by atoms with Crippen molar-refractivity contribution in [3.8, 4) is 6.07 Å². The van der Waals surface area contributed by atoms with Gasteiger partial charge in [0.2, 0.25) is 5.95 Å². The molecule has 0 saturated carbocycles. The number of aromatic nitrogens is 3. The Bertz CT molecular complexity index is 758. The van der Waals surface area contributed by atoms with Gasteiger partial charge in [-0.1, -0.05) is 0 Å². The quantitative estimate of drug-likeness (QED) is 0.894. The van der Waals surface area contributed by atoms with Crippen LogP contribution in [0.1, 0.15) is 11.1 Å². The van der Waals surface area contributed by atoms with Crippen molar-refractivity contribution in [1.82, 2.24) is 14.8 Å². The molecule has 0 saturated heterocycles. The van der Waals surface area contributed by atoms with Crippen LogP contribution < -0.4 is 4.72 Å². The first-order valence-corrected chi connectivity index (χ1v) is 6.80. The predicted octanol–water partition coefficient (Wildman–Crippen LogP) is 0.796. The Balaban J connectivity index is 2.38. The number of hydrogen-bond acceptors (Lipinski definition) is 5. The summed E-state index contributed by atoms with van der Waals surface area (Å²) in [5.74, 6) is 0.127. The first-order valence-electron chi connectivity index (χ1n) is 5.31. The van der Waals surface area contributed by atoms with Crippen LogP contribution in [0.2, 0.25) is 0 Å². The summed E-state index contributed by atoms with van der Waals surface area (Å²) < 4.78 is 27.9. The van der Waals surface area contributed by atoms with Crippen LogP contribution in [0.4, 0.5) is 5.95 Å². The Morgan fingerprint density at radius 1 is 1.42 bits per heavy atom. The lowest BCUT2D eigenvalue weighted by Crippen LogP contribution is -2.16. The number of anilines is 1. The molecule has 0 aliphatic heterocycles. The summed E-state index contributed by atoms with van der Waals surface area (Å²) in [6, 6.07) is 6.28. The normalized spacial score (nSPS) is 11.0. The molecule has 0 aliphatic carbocycles. The molecule has 8 heteroatoms. The number of nitrogens with one attached hydrogen (secondary N) is 1. The van der Waals surface area contributed by atoms with E-state index in [2.05, 4.69) is 14.8 Å². The van der Waals surface area contributed by atoms with E-state index in [1.807, 2.05) is 6.07 Å². The maximum absolute atomic E-state index is 12.1. The molecule has 98 valence electrons. The molecule has 1 heterocycles. The summed E-state index contributed by atoms with van der Waals surface area (Å²) in [6.45, 7) is 1.68. The first kappa shape index (κ1) is 13.0. The maximum atomic E-state index is 12.1. The molecule has 0 aliphatic rings. The number of hydrogen-bond donors (Lipinski definition) is 1. The van der Waals surface area contributed by atoms with Gasteiger partial charge in [-0.3, -0.25) is 0 Å². The molecular formula is C11H11N5O2S. The highest BCUT2D eigenvalue weighted by molar-refractivity contribution is 7.92. The van der Waals surface area contributed by atoms with Gasteiger partial charge in [0.1, 0.15) is 6.33 Å². The highest BCUT2D eigenvalue weighted by Crippen LogP contribution is 2.17. The van der Waals surface area contributed by atoms with E-state index in [9.17, 15) is 8.42 Å². The SMILES string of the molecule is Cc1cc(S(=O)(=O)Nc2ncnn2C)ccc1C#N. The fraction of sp³-hybridized carbons (Fsp3) is 0.182. The number of benzene rings is 1. The Labute approximate surface area is 110 Å². The molecule has 0 atom stereocenters. The molecule has 7 nitrogen and oxygen atoms in total. The van der Waals surface area contributed by atoms with Crippen LogP contribution in [0, 0.1) is 18.3 Å². The topological polar surface area (TPSA) is 101 Å². The minimum absolute atomic E-state index is 0.0759. The third kappa shape index (κ3) is 2.56. The molecule has 0 bridgehead atoms. The van der Waals surface area contributed by atoms with E-state index in [4.69, 9.17) is 5.26 Å². The van der Waals surface area contributed by atoms with Crippen molar-refractivity contribution in [3.05, 3.63) is 35.7 Å². The number of aryl methyl sites for hydroxylation is 2. The molecule has 19 heavy (non-hydrogen) atoms. The van der Waals surface area contributed by atoms with E-state index < -0.39 is 10.0 Å². The van der Waals surface area contributed by atoms with Gasteiger partial charge in [-0.2, -0.15) is 15.3 Å². The summed E-state index contributed by atoms with van der Waals surface area (Å²) in [7, 11) is -2.16. The largest absolute Gasteiger partial charge is 0.264 e. The van der Waals surface area contributed by atoms with Gasteiger partial charge in [0.05, 0.1) is 16.5 Å². The smallest absolute Gasteiger partial charge is 0.247 e. The summed E-state index contributed by atoms with van der Waals surface area (Å²) >= 11 is 0. The molecule has 0 fully saturated rings. The van der Waals surface area contributed by atoms with Crippen LogP contribution in [0.5, 0.6) is 0 Å². The van der Waals surface area contributed by atoms with Crippen molar-refractivity contribution in [3.63, 3.8) is 0 Å². The number of rotatable bonds is 3. The van der Waals surface area contributed by atoms with Gasteiger partial charge in [-0.25, -0.2) is 17.8 Å². The number of nitrogens with zero attached hydrogens (tertiary/aromatic N) is 4. The van der Waals surface area contributed by atoms with Crippen molar-refractivity contribution < 1.29 is 8.42 Å². The van der Waals surface area contributed by atoms with Crippen molar-refractivity contribution in [1.29, 1.82) is 5.26 Å². The van der Waals surface area contributed by atoms with Gasteiger partial charge in [0.15, 0.2) is 0 Å². The molecular weight excluding hydrogens is 266 g/mol. The molecule has 1 aromatic heterocycles. The third-order valence-corrected chi connectivity index (χ3v) is 3.89. The standard InChI is InChI=1S/C11H11N5O2S/c1-8-5-10(4-3-9(8)6-12)19(17,18)15-11-13-7-14-16(11)2/h3-5,7H,1-2H3,(H,13,14,15). The third-order valence-electron chi connectivity index (χ3n) is 2.57. The first-order chi connectivity index (χ1) is 8.94. The Hall–Kier alpha value is -2.40. The predicted molar refractivity (Wildman–Crippen MR) is 67.7 cm³/mol. The summed E-state index contributed by atoms with van der Waals surface area (Å²) in [6.07, 6.45) is 1.25. The Morgan fingerprint density at radius 2 is 2.16 bits per heavy atom. The number of sulfonamides is 1. The lowest BCUT2D eigenvalue weighted by Gasteiger charge is -2.08. The minimum atomic E-state index is -3.74. The fourth-order valence-corrected chi connectivity index (χ4v) is 2.62. The zero-order chi connectivity index (χ0) is 14.0. The van der Waals surface area contributed by atoms with Crippen LogP contribution in [-0.2, 0) is 17.1 Å². The second-order valence-electron chi connectivity index (χ2n) is 3.90. The summed E-state index contributed by atoms with van der Waals surface area (Å²) in [4.78, 5) is 3.87. The zero-order valence-electron chi connectivity index (χ0n) is 10.3. The highest BCUT2D eigenvalue weighted by Gasteiger charge is 2.17. The van der Waals surface area contributed by atoms with E-state index in [0.717, 1.165) is 0 Å². The highest BCUT2D eigenvalue weighted by atomic mass is 32.2. The van der Waals surface area contributed by atoms with E-state index in [1.54, 1.807) is 14.0 Å². The molecule has 2 rings (SSSR count). The lowest BCUT2D eigenvalue weighted by molar-refractivity contribution is 0.600. The van der Waals surface area contributed by atoms with Gasteiger partial charge in [0, 0.05) is 7.05 Å². The number of nitriles is 1. The monoisotopic (exact) mass is 277 g/mol. The molecule has 2 aromatic rings. The van der Waals surface area contributed by atoms with Crippen molar-refractivity contribution in [2.75, 3.05) is 4.72 Å². The minimum Gasteiger partial charge on any atom is -0.247 e. The van der Waals surface area contributed by atoms with Crippen LogP contribution >= 0.6 is 0 Å². The Morgan fingerprint density at radius 3 is 2.68 bits per heavy atom. The van der Waals surface area contributed by atoms with Gasteiger partial charge >= 0.3 is 0 Å². The second kappa shape index (κ2) is 4.70. The Kier molecular flexibility index (Phi) is 3.23. The van der Waals surface area contributed by atoms with Crippen LogP contribution in [0.3, 0.4) is 0 Å². The zero-order valence-corrected chi connectivity index (χ0v) is 11.1. The van der Waals surface area contributed by atoms with Gasteiger partial charge in [-0.15, -0.1) is 0 Å². The molecule has 0 amide bonds. The van der Waals surface area contributed by atoms with Gasteiger partial charge in [0.25, 0.3) is 10.0 Å². The van der Waals surface area contributed by atoms with Gasteiger partial charge in [-0.05, 0) is 30.7 Å².